The van der Waals surface area contributed by atoms with Gasteiger partial charge in [-0.1, -0.05) is 49.6 Å². The molecule has 2 N–H and O–H groups in total. The van der Waals surface area contributed by atoms with E-state index in [1.807, 2.05) is 0 Å². The highest BCUT2D eigenvalue weighted by molar-refractivity contribution is 5.24. The van der Waals surface area contributed by atoms with Crippen molar-refractivity contribution in [3.8, 4) is 0 Å². The molecule has 0 spiro atoms. The fourth-order valence-corrected chi connectivity index (χ4v) is 3.09. The number of nitrogens with two attached hydrogens (primary N) is 1. The zero-order valence-corrected chi connectivity index (χ0v) is 10.5. The molecule has 88 valence electrons. The lowest BCUT2D eigenvalue weighted by atomic mass is 9.74. The van der Waals surface area contributed by atoms with Crippen molar-refractivity contribution in [1.29, 1.82) is 0 Å². The van der Waals surface area contributed by atoms with Gasteiger partial charge in [0.1, 0.15) is 0 Å². The summed E-state index contributed by atoms with van der Waals surface area (Å²) in [6.07, 6.45) is 6.06. The van der Waals surface area contributed by atoms with Gasteiger partial charge in [-0.3, -0.25) is 0 Å². The smallest absolute Gasteiger partial charge is 0.0197 e. The van der Waals surface area contributed by atoms with Gasteiger partial charge in [0.25, 0.3) is 0 Å². The van der Waals surface area contributed by atoms with Crippen molar-refractivity contribution >= 4 is 0 Å². The van der Waals surface area contributed by atoms with E-state index in [2.05, 4.69) is 38.1 Å². The largest absolute Gasteiger partial charge is 0.325 e. The maximum Gasteiger partial charge on any atom is 0.0197 e. The second-order valence-electron chi connectivity index (χ2n) is 5.73. The molecule has 1 aliphatic rings. The Balaban J connectivity index is 2.08. The van der Waals surface area contributed by atoms with Crippen LogP contribution in [-0.4, -0.2) is 5.54 Å². The summed E-state index contributed by atoms with van der Waals surface area (Å²) in [6, 6.07) is 8.77. The second kappa shape index (κ2) is 4.58. The predicted molar refractivity (Wildman–Crippen MR) is 69.4 cm³/mol. The topological polar surface area (TPSA) is 26.0 Å². The molecule has 0 bridgehead atoms. The molecule has 1 aromatic rings. The highest BCUT2D eigenvalue weighted by atomic mass is 14.7. The molecule has 1 nitrogen and oxygen atoms in total. The summed E-state index contributed by atoms with van der Waals surface area (Å²) < 4.78 is 0. The monoisotopic (exact) mass is 217 g/mol. The number of aryl methyl sites for hydroxylation is 1. The van der Waals surface area contributed by atoms with Crippen LogP contribution in [0.5, 0.6) is 0 Å². The molecule has 0 amide bonds. The van der Waals surface area contributed by atoms with E-state index in [4.69, 9.17) is 5.73 Å². The summed E-state index contributed by atoms with van der Waals surface area (Å²) in [5.41, 5.74) is 9.32. The van der Waals surface area contributed by atoms with Gasteiger partial charge in [0.2, 0.25) is 0 Å². The first-order valence-corrected chi connectivity index (χ1v) is 6.42. The van der Waals surface area contributed by atoms with Crippen LogP contribution in [-0.2, 0) is 6.42 Å². The van der Waals surface area contributed by atoms with Gasteiger partial charge in [-0.2, -0.15) is 0 Å². The highest BCUT2D eigenvalue weighted by Crippen LogP contribution is 2.32. The molecule has 1 aromatic carbocycles. The van der Waals surface area contributed by atoms with E-state index >= 15 is 0 Å². The summed E-state index contributed by atoms with van der Waals surface area (Å²) >= 11 is 0. The second-order valence-corrected chi connectivity index (χ2v) is 5.73. The average Bonchev–Trinajstić information content (AvgIpc) is 2.16. The van der Waals surface area contributed by atoms with E-state index in [1.54, 1.807) is 0 Å². The van der Waals surface area contributed by atoms with Gasteiger partial charge in [0.05, 0.1) is 0 Å². The van der Waals surface area contributed by atoms with Crippen molar-refractivity contribution in [1.82, 2.24) is 0 Å². The van der Waals surface area contributed by atoms with Crippen LogP contribution in [0.15, 0.2) is 24.3 Å². The molecule has 1 heteroatoms. The van der Waals surface area contributed by atoms with Gasteiger partial charge in [-0.25, -0.2) is 0 Å². The number of rotatable bonds is 2. The van der Waals surface area contributed by atoms with E-state index in [-0.39, 0.29) is 5.54 Å². The molecular weight excluding hydrogens is 194 g/mol. The third kappa shape index (κ3) is 2.85. The molecule has 0 radical (unpaired) electrons. The summed E-state index contributed by atoms with van der Waals surface area (Å²) in [4.78, 5) is 0. The van der Waals surface area contributed by atoms with Gasteiger partial charge < -0.3 is 5.73 Å². The molecule has 1 fully saturated rings. The minimum Gasteiger partial charge on any atom is -0.325 e. The Hall–Kier alpha value is -0.820. The van der Waals surface area contributed by atoms with Crippen molar-refractivity contribution in [2.75, 3.05) is 0 Å². The molecule has 16 heavy (non-hydrogen) atoms. The van der Waals surface area contributed by atoms with Crippen LogP contribution in [0.25, 0.3) is 0 Å². The fraction of sp³-hybridized carbons (Fsp3) is 0.600. The maximum absolute atomic E-state index is 6.53. The summed E-state index contributed by atoms with van der Waals surface area (Å²) in [7, 11) is 0. The maximum atomic E-state index is 6.53. The van der Waals surface area contributed by atoms with Crippen LogP contribution in [0.3, 0.4) is 0 Å². The van der Waals surface area contributed by atoms with E-state index in [1.165, 1.54) is 36.8 Å². The molecule has 1 aliphatic carbocycles. The summed E-state index contributed by atoms with van der Waals surface area (Å²) in [5, 5.41) is 0. The lowest BCUT2D eigenvalue weighted by molar-refractivity contribution is 0.235. The van der Waals surface area contributed by atoms with Crippen LogP contribution >= 0.6 is 0 Å². The van der Waals surface area contributed by atoms with Gasteiger partial charge in [0, 0.05) is 5.54 Å². The van der Waals surface area contributed by atoms with Crippen molar-refractivity contribution in [3.05, 3.63) is 35.4 Å². The van der Waals surface area contributed by atoms with Crippen molar-refractivity contribution in [3.63, 3.8) is 0 Å². The Kier molecular flexibility index (Phi) is 3.34. The Morgan fingerprint density at radius 2 is 2.25 bits per heavy atom. The number of benzene rings is 1. The van der Waals surface area contributed by atoms with Crippen LogP contribution in [0, 0.1) is 12.8 Å². The minimum atomic E-state index is 0.0471. The average molecular weight is 217 g/mol. The molecule has 0 saturated heterocycles. The fourth-order valence-electron chi connectivity index (χ4n) is 3.09. The molecule has 0 aliphatic heterocycles. The lowest BCUT2D eigenvalue weighted by Gasteiger charge is -2.37. The molecule has 1 saturated carbocycles. The van der Waals surface area contributed by atoms with Crippen molar-refractivity contribution in [2.24, 2.45) is 11.7 Å². The van der Waals surface area contributed by atoms with Crippen LogP contribution in [0.4, 0.5) is 0 Å². The van der Waals surface area contributed by atoms with E-state index in [0.717, 1.165) is 12.3 Å². The predicted octanol–water partition coefficient (Wildman–Crippen LogP) is 3.45. The Morgan fingerprint density at radius 3 is 2.94 bits per heavy atom. The van der Waals surface area contributed by atoms with Gasteiger partial charge in [-0.15, -0.1) is 0 Å². The first-order chi connectivity index (χ1) is 7.57. The van der Waals surface area contributed by atoms with E-state index < -0.39 is 0 Å². The van der Waals surface area contributed by atoms with Crippen molar-refractivity contribution < 1.29 is 0 Å². The third-order valence-corrected chi connectivity index (χ3v) is 3.77. The minimum absolute atomic E-state index is 0.0471. The van der Waals surface area contributed by atoms with Crippen LogP contribution < -0.4 is 5.73 Å². The zero-order valence-electron chi connectivity index (χ0n) is 10.5. The lowest BCUT2D eigenvalue weighted by Crippen LogP contribution is -2.45. The SMILES string of the molecule is Cc1cccc(CC2(N)CCCC(C)C2)c1. The Morgan fingerprint density at radius 1 is 1.44 bits per heavy atom. The van der Waals surface area contributed by atoms with Crippen molar-refractivity contribution in [2.45, 2.75) is 51.5 Å². The van der Waals surface area contributed by atoms with Crippen LogP contribution in [0.2, 0.25) is 0 Å². The quantitative estimate of drug-likeness (QED) is 0.806. The highest BCUT2D eigenvalue weighted by Gasteiger charge is 2.30. The molecule has 2 rings (SSSR count). The van der Waals surface area contributed by atoms with Gasteiger partial charge in [0.15, 0.2) is 0 Å². The molecule has 0 aromatic heterocycles. The number of hydrogen-bond acceptors (Lipinski definition) is 1. The first-order valence-electron chi connectivity index (χ1n) is 6.42. The van der Waals surface area contributed by atoms with E-state index in [9.17, 15) is 0 Å². The van der Waals surface area contributed by atoms with Gasteiger partial charge in [-0.05, 0) is 37.7 Å². The zero-order chi connectivity index (χ0) is 11.6. The standard InChI is InChI=1S/C15H23N/c1-12-5-3-7-14(9-12)11-15(16)8-4-6-13(2)10-15/h3,5,7,9,13H,4,6,8,10-11,16H2,1-2H3. The van der Waals surface area contributed by atoms with Crippen LogP contribution in [0.1, 0.15) is 43.7 Å². The summed E-state index contributed by atoms with van der Waals surface area (Å²) in [5.74, 6) is 0.795. The molecule has 2 atom stereocenters. The number of hydrogen-bond donors (Lipinski definition) is 1. The van der Waals surface area contributed by atoms with Gasteiger partial charge >= 0.3 is 0 Å². The first kappa shape index (κ1) is 11.7. The normalized spacial score (nSPS) is 30.3. The molecular formula is C15H23N. The third-order valence-electron chi connectivity index (χ3n) is 3.77. The Bertz CT molecular complexity index is 358. The molecule has 0 heterocycles. The molecule has 2 unspecified atom stereocenters. The Labute approximate surface area is 99.0 Å². The van der Waals surface area contributed by atoms with E-state index in [0.29, 0.717) is 0 Å². The summed E-state index contributed by atoms with van der Waals surface area (Å²) in [6.45, 7) is 4.48.